The largest absolute Gasteiger partial charge is 0.494 e. The SMILES string of the molecule is CCOc1ccccc1CCC(=O)O[C@H](C)C(=O)Nc1c(F)cccc1F. The van der Waals surface area contributed by atoms with Crippen molar-refractivity contribution in [2.24, 2.45) is 0 Å². The highest BCUT2D eigenvalue weighted by Gasteiger charge is 2.21. The van der Waals surface area contributed by atoms with Gasteiger partial charge in [-0.3, -0.25) is 9.59 Å². The van der Waals surface area contributed by atoms with Crippen molar-refractivity contribution >= 4 is 17.6 Å². The number of nitrogens with one attached hydrogen (secondary N) is 1. The van der Waals surface area contributed by atoms with Gasteiger partial charge >= 0.3 is 5.97 Å². The fourth-order valence-corrected chi connectivity index (χ4v) is 2.40. The maximum atomic E-state index is 13.6. The number of halogens is 2. The van der Waals surface area contributed by atoms with E-state index in [1.807, 2.05) is 31.2 Å². The fourth-order valence-electron chi connectivity index (χ4n) is 2.40. The molecule has 0 aliphatic rings. The van der Waals surface area contributed by atoms with Crippen LogP contribution in [-0.4, -0.2) is 24.6 Å². The molecule has 1 atom stereocenters. The van der Waals surface area contributed by atoms with Gasteiger partial charge in [-0.25, -0.2) is 8.78 Å². The molecule has 2 rings (SSSR count). The fraction of sp³-hybridized carbons (Fsp3) is 0.300. The van der Waals surface area contributed by atoms with E-state index in [-0.39, 0.29) is 6.42 Å². The summed E-state index contributed by atoms with van der Waals surface area (Å²) in [5.41, 5.74) is 0.276. The molecule has 0 bridgehead atoms. The van der Waals surface area contributed by atoms with Crippen molar-refractivity contribution in [3.05, 3.63) is 59.7 Å². The molecule has 0 saturated heterocycles. The van der Waals surface area contributed by atoms with Crippen LogP contribution in [0.25, 0.3) is 0 Å². The number of benzene rings is 2. The zero-order valence-corrected chi connectivity index (χ0v) is 15.1. The Morgan fingerprint density at radius 1 is 1.07 bits per heavy atom. The van der Waals surface area contributed by atoms with Gasteiger partial charge in [0.15, 0.2) is 6.10 Å². The third-order valence-electron chi connectivity index (χ3n) is 3.76. The lowest BCUT2D eigenvalue weighted by Crippen LogP contribution is -2.30. The first-order chi connectivity index (χ1) is 12.9. The highest BCUT2D eigenvalue weighted by molar-refractivity contribution is 5.95. The standard InChI is InChI=1S/C20H21F2NO4/c1-3-26-17-10-5-4-7-14(17)11-12-18(24)27-13(2)20(25)23-19-15(21)8-6-9-16(19)22/h4-10,13H,3,11-12H2,1-2H3,(H,23,25)/t13-/m1/s1. The maximum absolute atomic E-state index is 13.6. The normalized spacial score (nSPS) is 11.6. The van der Waals surface area contributed by atoms with E-state index in [0.29, 0.717) is 18.8 Å². The summed E-state index contributed by atoms with van der Waals surface area (Å²) in [6.07, 6.45) is -0.778. The summed E-state index contributed by atoms with van der Waals surface area (Å²) >= 11 is 0. The molecule has 1 amide bonds. The van der Waals surface area contributed by atoms with Crippen LogP contribution in [0.15, 0.2) is 42.5 Å². The number of hydrogen-bond acceptors (Lipinski definition) is 4. The van der Waals surface area contributed by atoms with Gasteiger partial charge in [0.2, 0.25) is 0 Å². The van der Waals surface area contributed by atoms with Crippen LogP contribution in [0, 0.1) is 11.6 Å². The first-order valence-electron chi connectivity index (χ1n) is 8.57. The minimum absolute atomic E-state index is 0.0375. The predicted octanol–water partition coefficient (Wildman–Crippen LogP) is 3.87. The number of amides is 1. The number of aryl methyl sites for hydroxylation is 1. The molecule has 144 valence electrons. The second-order valence-corrected chi connectivity index (χ2v) is 5.76. The molecular formula is C20H21F2NO4. The van der Waals surface area contributed by atoms with E-state index in [9.17, 15) is 18.4 Å². The Kier molecular flexibility index (Phi) is 7.28. The third-order valence-corrected chi connectivity index (χ3v) is 3.76. The smallest absolute Gasteiger partial charge is 0.306 e. The van der Waals surface area contributed by atoms with Crippen molar-refractivity contribution in [3.63, 3.8) is 0 Å². The van der Waals surface area contributed by atoms with Crippen LogP contribution in [0.2, 0.25) is 0 Å². The molecule has 0 saturated carbocycles. The first kappa shape index (κ1) is 20.4. The molecule has 7 heteroatoms. The lowest BCUT2D eigenvalue weighted by Gasteiger charge is -2.15. The average Bonchev–Trinajstić information content (AvgIpc) is 2.64. The van der Waals surface area contributed by atoms with Gasteiger partial charge < -0.3 is 14.8 Å². The van der Waals surface area contributed by atoms with Gasteiger partial charge in [0.05, 0.1) is 6.61 Å². The topological polar surface area (TPSA) is 64.6 Å². The maximum Gasteiger partial charge on any atom is 0.306 e. The van der Waals surface area contributed by atoms with Gasteiger partial charge in [-0.15, -0.1) is 0 Å². The molecule has 0 spiro atoms. The zero-order valence-electron chi connectivity index (χ0n) is 15.1. The van der Waals surface area contributed by atoms with E-state index < -0.39 is 35.3 Å². The Balaban J connectivity index is 1.89. The summed E-state index contributed by atoms with van der Waals surface area (Å²) in [5, 5.41) is 2.10. The van der Waals surface area contributed by atoms with Crippen LogP contribution in [-0.2, 0) is 20.7 Å². The van der Waals surface area contributed by atoms with Crippen molar-refractivity contribution in [1.29, 1.82) is 0 Å². The molecule has 0 aromatic heterocycles. The Morgan fingerprint density at radius 3 is 2.41 bits per heavy atom. The summed E-state index contributed by atoms with van der Waals surface area (Å²) < 4.78 is 37.7. The van der Waals surface area contributed by atoms with E-state index in [4.69, 9.17) is 9.47 Å². The van der Waals surface area contributed by atoms with Crippen molar-refractivity contribution in [2.75, 3.05) is 11.9 Å². The van der Waals surface area contributed by atoms with Crippen molar-refractivity contribution in [2.45, 2.75) is 32.8 Å². The van der Waals surface area contributed by atoms with Gasteiger partial charge in [-0.2, -0.15) is 0 Å². The summed E-state index contributed by atoms with van der Waals surface area (Å²) in [4.78, 5) is 24.0. The molecule has 0 fully saturated rings. The number of carbonyl (C=O) groups is 2. The van der Waals surface area contributed by atoms with E-state index in [0.717, 1.165) is 17.7 Å². The lowest BCUT2D eigenvalue weighted by molar-refractivity contribution is -0.153. The third kappa shape index (κ3) is 5.77. The van der Waals surface area contributed by atoms with Crippen molar-refractivity contribution < 1.29 is 27.8 Å². The van der Waals surface area contributed by atoms with Gasteiger partial charge in [0, 0.05) is 6.42 Å². The molecule has 27 heavy (non-hydrogen) atoms. The average molecular weight is 377 g/mol. The van der Waals surface area contributed by atoms with Crippen LogP contribution in [0.3, 0.4) is 0 Å². The lowest BCUT2D eigenvalue weighted by atomic mass is 10.1. The van der Waals surface area contributed by atoms with Crippen LogP contribution in [0.5, 0.6) is 5.75 Å². The van der Waals surface area contributed by atoms with Crippen molar-refractivity contribution in [1.82, 2.24) is 0 Å². The monoisotopic (exact) mass is 377 g/mol. The van der Waals surface area contributed by atoms with Gasteiger partial charge in [0.1, 0.15) is 23.1 Å². The Bertz CT molecular complexity index is 790. The number of rotatable bonds is 8. The van der Waals surface area contributed by atoms with E-state index in [2.05, 4.69) is 5.32 Å². The molecule has 2 aromatic rings. The Hall–Kier alpha value is -2.96. The van der Waals surface area contributed by atoms with Crippen LogP contribution >= 0.6 is 0 Å². The second-order valence-electron chi connectivity index (χ2n) is 5.76. The summed E-state index contributed by atoms with van der Waals surface area (Å²) in [6.45, 7) is 3.70. The minimum atomic E-state index is -1.20. The number of carbonyl (C=O) groups excluding carboxylic acids is 2. The molecule has 0 aliphatic carbocycles. The number of ether oxygens (including phenoxy) is 2. The quantitative estimate of drug-likeness (QED) is 0.710. The molecule has 1 N–H and O–H groups in total. The molecule has 0 unspecified atom stereocenters. The second kappa shape index (κ2) is 9.66. The summed E-state index contributed by atoms with van der Waals surface area (Å²) in [6, 6.07) is 10.5. The predicted molar refractivity (Wildman–Crippen MR) is 96.5 cm³/mol. The first-order valence-corrected chi connectivity index (χ1v) is 8.57. The van der Waals surface area contributed by atoms with E-state index in [1.54, 1.807) is 0 Å². The highest BCUT2D eigenvalue weighted by Crippen LogP contribution is 2.20. The summed E-state index contributed by atoms with van der Waals surface area (Å²) in [7, 11) is 0. The molecular weight excluding hydrogens is 356 g/mol. The highest BCUT2D eigenvalue weighted by atomic mass is 19.1. The van der Waals surface area contributed by atoms with E-state index in [1.165, 1.54) is 13.0 Å². The molecule has 0 heterocycles. The minimum Gasteiger partial charge on any atom is -0.494 e. The number of anilines is 1. The number of esters is 1. The Labute approximate surface area is 156 Å². The Morgan fingerprint density at radius 2 is 1.74 bits per heavy atom. The van der Waals surface area contributed by atoms with Crippen LogP contribution in [0.4, 0.5) is 14.5 Å². The zero-order chi connectivity index (χ0) is 19.8. The van der Waals surface area contributed by atoms with Gasteiger partial charge in [0.25, 0.3) is 5.91 Å². The van der Waals surface area contributed by atoms with Crippen LogP contribution < -0.4 is 10.1 Å². The van der Waals surface area contributed by atoms with Gasteiger partial charge in [-0.05, 0) is 44.0 Å². The molecule has 0 radical (unpaired) electrons. The number of para-hydroxylation sites is 2. The van der Waals surface area contributed by atoms with Crippen LogP contribution in [0.1, 0.15) is 25.8 Å². The molecule has 0 aliphatic heterocycles. The molecule has 2 aromatic carbocycles. The van der Waals surface area contributed by atoms with Gasteiger partial charge in [-0.1, -0.05) is 24.3 Å². The van der Waals surface area contributed by atoms with Crippen molar-refractivity contribution in [3.8, 4) is 5.75 Å². The number of hydrogen-bond donors (Lipinski definition) is 1. The summed E-state index contributed by atoms with van der Waals surface area (Å²) in [5.74, 6) is -2.54. The van der Waals surface area contributed by atoms with E-state index >= 15 is 0 Å². The molecule has 5 nitrogen and oxygen atoms in total.